The van der Waals surface area contributed by atoms with Crippen LogP contribution >= 0.6 is 11.3 Å². The fourth-order valence-corrected chi connectivity index (χ4v) is 6.31. The van der Waals surface area contributed by atoms with Gasteiger partial charge in [0.2, 0.25) is 0 Å². The highest BCUT2D eigenvalue weighted by atomic mass is 32.2. The van der Waals surface area contributed by atoms with Gasteiger partial charge < -0.3 is 5.32 Å². The molecule has 1 N–H and O–H groups in total. The predicted molar refractivity (Wildman–Crippen MR) is 103 cm³/mol. The van der Waals surface area contributed by atoms with E-state index in [4.69, 9.17) is 0 Å². The maximum absolute atomic E-state index is 12.2. The van der Waals surface area contributed by atoms with Gasteiger partial charge in [0.05, 0.1) is 17.0 Å². The molecule has 0 spiro atoms. The lowest BCUT2D eigenvalue weighted by Crippen LogP contribution is -2.39. The van der Waals surface area contributed by atoms with Gasteiger partial charge in [-0.3, -0.25) is 9.00 Å². The number of hydrogen-bond donors (Lipinski definition) is 1. The summed E-state index contributed by atoms with van der Waals surface area (Å²) in [6, 6.07) is 0. The van der Waals surface area contributed by atoms with Crippen molar-refractivity contribution in [3.8, 4) is 0 Å². The molecule has 3 fully saturated rings. The molecule has 1 aromatic rings. The maximum atomic E-state index is 12.2. The molecule has 0 saturated heterocycles. The third-order valence-corrected chi connectivity index (χ3v) is 8.98. The minimum absolute atomic E-state index is 0.0823. The summed E-state index contributed by atoms with van der Waals surface area (Å²) in [5.41, 5.74) is 1.25. The van der Waals surface area contributed by atoms with Crippen LogP contribution in [0.4, 0.5) is 0 Å². The van der Waals surface area contributed by atoms with E-state index in [0.717, 1.165) is 13.0 Å². The van der Waals surface area contributed by atoms with Gasteiger partial charge in [0.1, 0.15) is 4.88 Å². The molecular formula is C19H30N2O2S2. The highest BCUT2D eigenvalue weighted by molar-refractivity contribution is 7.87. The number of hydrogen-bond acceptors (Lipinski definition) is 4. The van der Waals surface area contributed by atoms with Crippen LogP contribution in [0.2, 0.25) is 0 Å². The summed E-state index contributed by atoms with van der Waals surface area (Å²) in [4.78, 5) is 16.8. The van der Waals surface area contributed by atoms with Crippen LogP contribution in [0, 0.1) is 10.8 Å². The summed E-state index contributed by atoms with van der Waals surface area (Å²) >= 11 is 1.24. The first-order chi connectivity index (χ1) is 12.0. The first kappa shape index (κ1) is 19.0. The smallest absolute Gasteiger partial charge is 0.263 e. The van der Waals surface area contributed by atoms with Crippen LogP contribution in [-0.2, 0) is 10.8 Å². The quantitative estimate of drug-likeness (QED) is 0.672. The zero-order chi connectivity index (χ0) is 17.9. The van der Waals surface area contributed by atoms with Gasteiger partial charge in [-0.15, -0.1) is 11.3 Å². The number of carbonyl (C=O) groups excluding carboxylic acids is 1. The fourth-order valence-electron chi connectivity index (χ4n) is 4.33. The standard InChI is InChI=1S/C19H30N2O2S2/c1-3-25(23)17-21-14-15(24-17)16(22)20-13-5-4-6-19-10-7-18(2,8-11-19)9-12-19/h14H,3-13H2,1-2H3,(H,20,22). The summed E-state index contributed by atoms with van der Waals surface area (Å²) in [5.74, 6) is 0.455. The van der Waals surface area contributed by atoms with Gasteiger partial charge in [-0.25, -0.2) is 4.98 Å². The van der Waals surface area contributed by atoms with Gasteiger partial charge in [-0.1, -0.05) is 20.3 Å². The Morgan fingerprint density at radius 3 is 2.56 bits per heavy atom. The fraction of sp³-hybridized carbons (Fsp3) is 0.789. The van der Waals surface area contributed by atoms with Crippen molar-refractivity contribution < 1.29 is 9.00 Å². The van der Waals surface area contributed by atoms with Crippen molar-refractivity contribution in [1.82, 2.24) is 10.3 Å². The first-order valence-corrected chi connectivity index (χ1v) is 11.7. The average Bonchev–Trinajstić information content (AvgIpc) is 3.12. The molecule has 0 aliphatic heterocycles. The minimum Gasteiger partial charge on any atom is -0.351 e. The van der Waals surface area contributed by atoms with Crippen LogP contribution in [-0.4, -0.2) is 27.4 Å². The van der Waals surface area contributed by atoms with E-state index in [1.165, 1.54) is 62.7 Å². The number of carbonyl (C=O) groups is 1. The molecule has 2 bridgehead atoms. The van der Waals surface area contributed by atoms with Crippen molar-refractivity contribution in [2.75, 3.05) is 12.3 Å². The van der Waals surface area contributed by atoms with E-state index in [2.05, 4.69) is 17.2 Å². The molecule has 1 heterocycles. The maximum Gasteiger partial charge on any atom is 0.263 e. The van der Waals surface area contributed by atoms with Crippen molar-refractivity contribution in [3.63, 3.8) is 0 Å². The number of unbranched alkanes of at least 4 members (excludes halogenated alkanes) is 1. The van der Waals surface area contributed by atoms with Gasteiger partial charge in [-0.2, -0.15) is 0 Å². The third kappa shape index (κ3) is 4.51. The average molecular weight is 383 g/mol. The Morgan fingerprint density at radius 1 is 1.24 bits per heavy atom. The number of thiazole rings is 1. The van der Waals surface area contributed by atoms with Crippen LogP contribution in [0.3, 0.4) is 0 Å². The van der Waals surface area contributed by atoms with Crippen LogP contribution in [0.25, 0.3) is 0 Å². The number of rotatable bonds is 8. The number of aromatic nitrogens is 1. The summed E-state index contributed by atoms with van der Waals surface area (Å²) in [6.45, 7) is 5.04. The number of fused-ring (bicyclic) bond motifs is 3. The highest BCUT2D eigenvalue weighted by Crippen LogP contribution is 2.58. The summed E-state index contributed by atoms with van der Waals surface area (Å²) in [7, 11) is -1.08. The van der Waals surface area contributed by atoms with Crippen LogP contribution < -0.4 is 5.32 Å². The van der Waals surface area contributed by atoms with Gasteiger partial charge in [0.25, 0.3) is 5.91 Å². The molecule has 4 rings (SSSR count). The Bertz CT molecular complexity index is 617. The lowest BCUT2D eigenvalue weighted by atomic mass is 9.53. The zero-order valence-electron chi connectivity index (χ0n) is 15.4. The molecule has 1 atom stereocenters. The zero-order valence-corrected chi connectivity index (χ0v) is 17.1. The third-order valence-electron chi connectivity index (χ3n) is 6.36. The van der Waals surface area contributed by atoms with E-state index in [1.807, 2.05) is 6.92 Å². The Hall–Kier alpha value is -0.750. The van der Waals surface area contributed by atoms with Gasteiger partial charge >= 0.3 is 0 Å². The second-order valence-corrected chi connectivity index (χ2v) is 11.1. The number of nitrogens with zero attached hydrogens (tertiary/aromatic N) is 1. The minimum atomic E-state index is -1.08. The topological polar surface area (TPSA) is 59.1 Å². The van der Waals surface area contributed by atoms with Crippen LogP contribution in [0.5, 0.6) is 0 Å². The van der Waals surface area contributed by atoms with Crippen LogP contribution in [0.1, 0.15) is 81.3 Å². The van der Waals surface area contributed by atoms with Crippen molar-refractivity contribution in [1.29, 1.82) is 0 Å². The van der Waals surface area contributed by atoms with Crippen molar-refractivity contribution in [3.05, 3.63) is 11.1 Å². The predicted octanol–water partition coefficient (Wildman–Crippen LogP) is 4.53. The summed E-state index contributed by atoms with van der Waals surface area (Å²) in [5, 5.41) is 2.99. The Labute approximate surface area is 157 Å². The van der Waals surface area contributed by atoms with Crippen LogP contribution in [0.15, 0.2) is 10.5 Å². The molecule has 3 saturated carbocycles. The SMILES string of the molecule is CCS(=O)c1ncc(C(=O)NCCCCC23CCC(C)(CC2)CC3)s1. The molecule has 1 unspecified atom stereocenters. The Balaban J connectivity index is 1.37. The molecular weight excluding hydrogens is 352 g/mol. The molecule has 0 radical (unpaired) electrons. The van der Waals surface area contributed by atoms with E-state index >= 15 is 0 Å². The lowest BCUT2D eigenvalue weighted by molar-refractivity contribution is -0.00400. The summed E-state index contributed by atoms with van der Waals surface area (Å²) < 4.78 is 12.3. The van der Waals surface area contributed by atoms with Gasteiger partial charge in [-0.05, 0) is 62.2 Å². The molecule has 6 heteroatoms. The van der Waals surface area contributed by atoms with E-state index < -0.39 is 10.8 Å². The van der Waals surface area contributed by atoms with E-state index in [0.29, 0.717) is 25.8 Å². The van der Waals surface area contributed by atoms with Crippen molar-refractivity contribution in [2.45, 2.75) is 76.0 Å². The van der Waals surface area contributed by atoms with Gasteiger partial charge in [0.15, 0.2) is 4.34 Å². The normalized spacial score (nSPS) is 29.5. The number of nitrogens with one attached hydrogen (secondary N) is 1. The molecule has 25 heavy (non-hydrogen) atoms. The Morgan fingerprint density at radius 2 is 1.92 bits per heavy atom. The number of amides is 1. The second-order valence-electron chi connectivity index (χ2n) is 8.15. The van der Waals surface area contributed by atoms with E-state index in [9.17, 15) is 9.00 Å². The lowest BCUT2D eigenvalue weighted by Gasteiger charge is -2.52. The Kier molecular flexibility index (Phi) is 5.99. The highest BCUT2D eigenvalue weighted by Gasteiger charge is 2.45. The first-order valence-electron chi connectivity index (χ1n) is 9.58. The van der Waals surface area contributed by atoms with Gasteiger partial charge in [0, 0.05) is 12.3 Å². The largest absolute Gasteiger partial charge is 0.351 e. The molecule has 1 amide bonds. The molecule has 3 aliphatic carbocycles. The molecule has 140 valence electrons. The molecule has 0 aromatic carbocycles. The molecule has 1 aromatic heterocycles. The van der Waals surface area contributed by atoms with E-state index in [1.54, 1.807) is 6.20 Å². The molecule has 4 nitrogen and oxygen atoms in total. The monoisotopic (exact) mass is 382 g/mol. The second kappa shape index (κ2) is 7.87. The summed E-state index contributed by atoms with van der Waals surface area (Å²) in [6.07, 6.45) is 13.6. The molecule has 3 aliphatic rings. The van der Waals surface area contributed by atoms with E-state index in [-0.39, 0.29) is 5.91 Å². The van der Waals surface area contributed by atoms with Crippen molar-refractivity contribution >= 4 is 28.0 Å². The van der Waals surface area contributed by atoms with Crippen molar-refractivity contribution in [2.24, 2.45) is 10.8 Å².